The van der Waals surface area contributed by atoms with Gasteiger partial charge in [-0.05, 0) is 18.2 Å². The Kier molecular flexibility index (Phi) is 1.61. The smallest absolute Gasteiger partial charge is 0.274 e. The van der Waals surface area contributed by atoms with Crippen molar-refractivity contribution in [3.63, 3.8) is 0 Å². The van der Waals surface area contributed by atoms with Crippen molar-refractivity contribution in [3.05, 3.63) is 46.1 Å². The van der Waals surface area contributed by atoms with Gasteiger partial charge >= 0.3 is 0 Å². The minimum Gasteiger partial charge on any atom is -0.319 e. The lowest BCUT2D eigenvalue weighted by Crippen LogP contribution is -2.09. The number of rotatable bonds is 0. The Morgan fingerprint density at radius 2 is 2.20 bits per heavy atom. The number of imidazole rings is 1. The Labute approximate surface area is 89.1 Å². The summed E-state index contributed by atoms with van der Waals surface area (Å²) in [4.78, 5) is 18.3. The lowest BCUT2D eigenvalue weighted by atomic mass is 10.3. The predicted octanol–water partition coefficient (Wildman–Crippen LogP) is 1.83. The van der Waals surface area contributed by atoms with Crippen LogP contribution < -0.4 is 5.56 Å². The number of halogens is 1. The molecule has 0 aliphatic carbocycles. The molecule has 0 atom stereocenters. The third-order valence-electron chi connectivity index (χ3n) is 2.34. The Morgan fingerprint density at radius 1 is 1.33 bits per heavy atom. The highest BCUT2D eigenvalue weighted by Crippen LogP contribution is 2.16. The molecule has 0 unspecified atom stereocenters. The summed E-state index contributed by atoms with van der Waals surface area (Å²) in [6.07, 6.45) is 3.15. The van der Waals surface area contributed by atoms with E-state index in [9.17, 15) is 4.79 Å². The van der Waals surface area contributed by atoms with E-state index >= 15 is 0 Å². The molecule has 0 bridgehead atoms. The van der Waals surface area contributed by atoms with Crippen LogP contribution in [0.2, 0.25) is 5.02 Å². The van der Waals surface area contributed by atoms with Crippen LogP contribution in [0, 0.1) is 0 Å². The fourth-order valence-corrected chi connectivity index (χ4v) is 1.83. The van der Waals surface area contributed by atoms with Crippen molar-refractivity contribution in [3.8, 4) is 0 Å². The molecule has 0 amide bonds. The van der Waals surface area contributed by atoms with Crippen molar-refractivity contribution in [2.45, 2.75) is 0 Å². The number of fused-ring (bicyclic) bond motifs is 3. The van der Waals surface area contributed by atoms with Crippen LogP contribution in [0.4, 0.5) is 0 Å². The van der Waals surface area contributed by atoms with Gasteiger partial charge in [-0.3, -0.25) is 9.20 Å². The van der Waals surface area contributed by atoms with Gasteiger partial charge in [-0.15, -0.1) is 0 Å². The van der Waals surface area contributed by atoms with E-state index in [-0.39, 0.29) is 5.56 Å². The van der Waals surface area contributed by atoms with Crippen LogP contribution in [0.15, 0.2) is 35.5 Å². The maximum Gasteiger partial charge on any atom is 0.274 e. The molecule has 0 spiro atoms. The third kappa shape index (κ3) is 1.15. The maximum absolute atomic E-state index is 11.6. The zero-order chi connectivity index (χ0) is 10.4. The number of aromatic amines is 1. The molecule has 0 aliphatic heterocycles. The monoisotopic (exact) mass is 219 g/mol. The summed E-state index contributed by atoms with van der Waals surface area (Å²) >= 11 is 5.85. The van der Waals surface area contributed by atoms with Crippen LogP contribution in [0.3, 0.4) is 0 Å². The number of aromatic nitrogens is 3. The molecule has 0 aliphatic rings. The van der Waals surface area contributed by atoms with E-state index in [2.05, 4.69) is 9.97 Å². The van der Waals surface area contributed by atoms with Gasteiger partial charge in [0.05, 0.1) is 23.6 Å². The van der Waals surface area contributed by atoms with Crippen LogP contribution in [-0.4, -0.2) is 14.4 Å². The number of hydrogen-bond donors (Lipinski definition) is 1. The number of benzene rings is 1. The minimum absolute atomic E-state index is 0.165. The van der Waals surface area contributed by atoms with Gasteiger partial charge in [0.25, 0.3) is 5.56 Å². The minimum atomic E-state index is -0.165. The van der Waals surface area contributed by atoms with Gasteiger partial charge < -0.3 is 4.98 Å². The first-order valence-electron chi connectivity index (χ1n) is 4.39. The quantitative estimate of drug-likeness (QED) is 0.627. The second kappa shape index (κ2) is 2.84. The molecule has 2 aromatic heterocycles. The third-order valence-corrected chi connectivity index (χ3v) is 2.57. The molecule has 15 heavy (non-hydrogen) atoms. The molecule has 74 valence electrons. The van der Waals surface area contributed by atoms with E-state index in [4.69, 9.17) is 11.6 Å². The van der Waals surface area contributed by atoms with Crippen LogP contribution >= 0.6 is 11.6 Å². The van der Waals surface area contributed by atoms with E-state index in [0.29, 0.717) is 16.1 Å². The topological polar surface area (TPSA) is 50.2 Å². The summed E-state index contributed by atoms with van der Waals surface area (Å²) in [5.41, 5.74) is 1.96. The first-order valence-corrected chi connectivity index (χ1v) is 4.77. The predicted molar refractivity (Wildman–Crippen MR) is 58.3 cm³/mol. The van der Waals surface area contributed by atoms with Gasteiger partial charge in [0, 0.05) is 5.02 Å². The van der Waals surface area contributed by atoms with Crippen molar-refractivity contribution in [1.82, 2.24) is 14.4 Å². The Hall–Kier alpha value is -1.81. The molecule has 1 aromatic carbocycles. The first-order chi connectivity index (χ1) is 7.25. The number of nitrogens with zero attached hydrogens (tertiary/aromatic N) is 2. The van der Waals surface area contributed by atoms with Crippen molar-refractivity contribution in [2.75, 3.05) is 0 Å². The SMILES string of the molecule is O=c1[nH]c2cc(Cl)ccc2n2cncc12. The van der Waals surface area contributed by atoms with Crippen LogP contribution in [-0.2, 0) is 0 Å². The fourth-order valence-electron chi connectivity index (χ4n) is 1.66. The van der Waals surface area contributed by atoms with Crippen LogP contribution in [0.25, 0.3) is 16.6 Å². The van der Waals surface area contributed by atoms with Gasteiger partial charge in [-0.25, -0.2) is 4.98 Å². The van der Waals surface area contributed by atoms with E-state index < -0.39 is 0 Å². The van der Waals surface area contributed by atoms with Gasteiger partial charge in [0.2, 0.25) is 0 Å². The Morgan fingerprint density at radius 3 is 3.07 bits per heavy atom. The lowest BCUT2D eigenvalue weighted by Gasteiger charge is -2.01. The maximum atomic E-state index is 11.6. The average molecular weight is 220 g/mol. The van der Waals surface area contributed by atoms with Gasteiger partial charge in [0.15, 0.2) is 0 Å². The van der Waals surface area contributed by atoms with E-state index in [1.54, 1.807) is 22.9 Å². The highest BCUT2D eigenvalue weighted by Gasteiger charge is 2.04. The Balaban J connectivity index is 2.66. The second-order valence-corrected chi connectivity index (χ2v) is 3.70. The van der Waals surface area contributed by atoms with Crippen molar-refractivity contribution < 1.29 is 0 Å². The molecule has 0 radical (unpaired) electrons. The second-order valence-electron chi connectivity index (χ2n) is 3.26. The fraction of sp³-hybridized carbons (Fsp3) is 0. The zero-order valence-corrected chi connectivity index (χ0v) is 8.32. The molecule has 0 fully saturated rings. The number of H-pyrrole nitrogens is 1. The van der Waals surface area contributed by atoms with Crippen LogP contribution in [0.1, 0.15) is 0 Å². The highest BCUT2D eigenvalue weighted by molar-refractivity contribution is 6.31. The number of hydrogen-bond acceptors (Lipinski definition) is 2. The molecule has 0 saturated carbocycles. The summed E-state index contributed by atoms with van der Waals surface area (Å²) in [5, 5.41) is 0.595. The van der Waals surface area contributed by atoms with Crippen molar-refractivity contribution in [2.24, 2.45) is 0 Å². The summed E-state index contributed by atoms with van der Waals surface area (Å²) in [5.74, 6) is 0. The Bertz CT molecular complexity index is 713. The summed E-state index contributed by atoms with van der Waals surface area (Å²) in [6.45, 7) is 0. The zero-order valence-electron chi connectivity index (χ0n) is 7.57. The molecular weight excluding hydrogens is 214 g/mol. The van der Waals surface area contributed by atoms with E-state index in [1.807, 2.05) is 6.07 Å². The highest BCUT2D eigenvalue weighted by atomic mass is 35.5. The normalized spacial score (nSPS) is 11.3. The molecule has 4 nitrogen and oxygen atoms in total. The van der Waals surface area contributed by atoms with Crippen molar-refractivity contribution in [1.29, 1.82) is 0 Å². The summed E-state index contributed by atoms with van der Waals surface area (Å²) < 4.78 is 1.74. The standard InChI is InChI=1S/C10H6ClN3O/c11-6-1-2-8-7(3-6)13-10(15)9-4-12-5-14(8)9/h1-5H,(H,13,15). The molecular formula is C10H6ClN3O. The van der Waals surface area contributed by atoms with Gasteiger partial charge in [-0.2, -0.15) is 0 Å². The van der Waals surface area contributed by atoms with E-state index in [1.165, 1.54) is 6.20 Å². The first kappa shape index (κ1) is 8.49. The lowest BCUT2D eigenvalue weighted by molar-refractivity contribution is 1.16. The van der Waals surface area contributed by atoms with Crippen LogP contribution in [0.5, 0.6) is 0 Å². The van der Waals surface area contributed by atoms with E-state index in [0.717, 1.165) is 5.52 Å². The van der Waals surface area contributed by atoms with Gasteiger partial charge in [0.1, 0.15) is 5.52 Å². The van der Waals surface area contributed by atoms with Crippen molar-refractivity contribution >= 4 is 28.2 Å². The number of nitrogens with one attached hydrogen (secondary N) is 1. The summed E-state index contributed by atoms with van der Waals surface area (Å²) in [6, 6.07) is 5.35. The average Bonchev–Trinajstić information content (AvgIpc) is 2.66. The van der Waals surface area contributed by atoms with Gasteiger partial charge in [-0.1, -0.05) is 11.6 Å². The molecule has 1 N–H and O–H groups in total. The summed E-state index contributed by atoms with van der Waals surface area (Å²) in [7, 11) is 0. The largest absolute Gasteiger partial charge is 0.319 e. The molecule has 3 aromatic rings. The molecule has 3 rings (SSSR count). The molecule has 5 heteroatoms. The molecule has 2 heterocycles. The molecule has 0 saturated heterocycles.